The van der Waals surface area contributed by atoms with E-state index in [2.05, 4.69) is 27.7 Å². The summed E-state index contributed by atoms with van der Waals surface area (Å²) in [5.41, 5.74) is 13.0. The van der Waals surface area contributed by atoms with E-state index in [9.17, 15) is 14.7 Å². The van der Waals surface area contributed by atoms with Crippen LogP contribution in [0.2, 0.25) is 0 Å². The summed E-state index contributed by atoms with van der Waals surface area (Å²) in [4.78, 5) is 27.4. The molecule has 4 aromatic rings. The van der Waals surface area contributed by atoms with Crippen molar-refractivity contribution in [2.24, 2.45) is 0 Å². The molecule has 2 amide bonds. The van der Waals surface area contributed by atoms with E-state index in [1.165, 1.54) is 11.1 Å². The minimum Gasteiger partial charge on any atom is -0.493 e. The van der Waals surface area contributed by atoms with Crippen LogP contribution in [0.15, 0.2) is 84.9 Å². The third-order valence-electron chi connectivity index (χ3n) is 9.88. The Balaban J connectivity index is 1.03. The van der Waals surface area contributed by atoms with Crippen LogP contribution in [0.1, 0.15) is 78.7 Å². The van der Waals surface area contributed by atoms with E-state index in [1.54, 1.807) is 26.4 Å². The molecule has 1 fully saturated rings. The van der Waals surface area contributed by atoms with Gasteiger partial charge in [-0.15, -0.1) is 0 Å². The predicted octanol–water partition coefficient (Wildman–Crippen LogP) is 6.91. The first kappa shape index (κ1) is 37.8. The second kappa shape index (κ2) is 18.2. The highest BCUT2D eigenvalue weighted by Crippen LogP contribution is 2.39. The number of nitrogens with zero attached hydrogens (tertiary/aromatic N) is 1. The summed E-state index contributed by atoms with van der Waals surface area (Å²) in [6.07, 6.45) is 3.56. The minimum absolute atomic E-state index is 0.0136. The fourth-order valence-corrected chi connectivity index (χ4v) is 6.94. The highest BCUT2D eigenvalue weighted by atomic mass is 16.7. The average molecular weight is 723 g/mol. The number of carbonyl (C=O) groups excluding carboxylic acids is 2. The van der Waals surface area contributed by atoms with Crippen LogP contribution >= 0.6 is 0 Å². The van der Waals surface area contributed by atoms with Gasteiger partial charge in [-0.05, 0) is 77.9 Å². The zero-order chi connectivity index (χ0) is 37.2. The van der Waals surface area contributed by atoms with Crippen LogP contribution in [-0.2, 0) is 38.6 Å². The van der Waals surface area contributed by atoms with Crippen molar-refractivity contribution in [3.8, 4) is 11.5 Å². The van der Waals surface area contributed by atoms with E-state index in [1.807, 2.05) is 60.7 Å². The number of anilines is 3. The van der Waals surface area contributed by atoms with E-state index in [0.29, 0.717) is 49.2 Å². The average Bonchev–Trinajstić information content (AvgIpc) is 3.18. The van der Waals surface area contributed by atoms with Gasteiger partial charge >= 0.3 is 0 Å². The Morgan fingerprint density at radius 2 is 1.49 bits per heavy atom. The molecule has 6 rings (SSSR count). The van der Waals surface area contributed by atoms with E-state index >= 15 is 0 Å². The maximum atomic E-state index is 12.7. The molecule has 280 valence electrons. The molecule has 3 unspecified atom stereocenters. The maximum absolute atomic E-state index is 12.7. The van der Waals surface area contributed by atoms with Crippen LogP contribution in [0.25, 0.3) is 0 Å². The number of carbonyl (C=O) groups is 2. The van der Waals surface area contributed by atoms with Crippen molar-refractivity contribution in [2.45, 2.75) is 76.6 Å². The summed E-state index contributed by atoms with van der Waals surface area (Å²) in [6, 6.07) is 26.8. The summed E-state index contributed by atoms with van der Waals surface area (Å²) in [5.74, 6) is 1.32. The second-order valence-electron chi connectivity index (χ2n) is 13.7. The molecular weight excluding hydrogens is 672 g/mol. The van der Waals surface area contributed by atoms with Crippen molar-refractivity contribution in [3.05, 3.63) is 113 Å². The van der Waals surface area contributed by atoms with E-state index in [0.717, 1.165) is 60.7 Å². The molecule has 5 N–H and O–H groups in total. The van der Waals surface area contributed by atoms with Gasteiger partial charge in [-0.25, -0.2) is 0 Å². The lowest BCUT2D eigenvalue weighted by molar-refractivity contribution is -0.253. The molecule has 11 heteroatoms. The molecule has 4 aromatic carbocycles. The van der Waals surface area contributed by atoms with Crippen molar-refractivity contribution in [3.63, 3.8) is 0 Å². The number of nitrogens with two attached hydrogens (primary N) is 1. The number of hydrogen-bond acceptors (Lipinski definition) is 9. The Labute approximate surface area is 311 Å². The Morgan fingerprint density at radius 3 is 2.17 bits per heavy atom. The Bertz CT molecular complexity index is 1830. The molecule has 0 radical (unpaired) electrons. The molecule has 0 bridgehead atoms. The lowest BCUT2D eigenvalue weighted by Gasteiger charge is -2.39. The van der Waals surface area contributed by atoms with Crippen molar-refractivity contribution >= 4 is 28.9 Å². The number of para-hydroxylation sites is 2. The lowest BCUT2D eigenvalue weighted by Crippen LogP contribution is -2.41. The fraction of sp³-hybridized carbons (Fsp3) is 0.381. The van der Waals surface area contributed by atoms with Gasteiger partial charge in [0, 0.05) is 50.1 Å². The van der Waals surface area contributed by atoms with E-state index < -0.39 is 6.29 Å². The number of nitrogen functional groups attached to an aromatic ring is 1. The Kier molecular flexibility index (Phi) is 13.0. The summed E-state index contributed by atoms with van der Waals surface area (Å²) in [7, 11) is 3.32. The number of amides is 2. The first-order valence-electron chi connectivity index (χ1n) is 18.3. The lowest BCUT2D eigenvalue weighted by atomic mass is 9.97. The second-order valence-corrected chi connectivity index (χ2v) is 13.7. The predicted molar refractivity (Wildman–Crippen MR) is 205 cm³/mol. The van der Waals surface area contributed by atoms with E-state index in [-0.39, 0.29) is 30.6 Å². The maximum Gasteiger partial charge on any atom is 0.224 e. The van der Waals surface area contributed by atoms with Gasteiger partial charge in [0.25, 0.3) is 0 Å². The van der Waals surface area contributed by atoms with Gasteiger partial charge in [0.1, 0.15) is 0 Å². The Hall–Kier alpha value is -4.94. The SMILES string of the molecule is COc1cc2c(cc1OC)CN(CC1CC(c3ccc(CO)cc3)OC(c3ccc(NC(=O)CCCCCC(=O)Nc4ccccc4N)cc3)O1)CC2. The number of unbranched alkanes of at least 4 members (excludes halogenated alkanes) is 2. The molecule has 3 atom stereocenters. The monoisotopic (exact) mass is 722 g/mol. The van der Waals surface area contributed by atoms with Gasteiger partial charge in [0.15, 0.2) is 17.8 Å². The van der Waals surface area contributed by atoms with Gasteiger partial charge in [-0.2, -0.15) is 0 Å². The normalized spacial score (nSPS) is 18.5. The summed E-state index contributed by atoms with van der Waals surface area (Å²) < 4.78 is 24.3. The highest BCUT2D eigenvalue weighted by molar-refractivity contribution is 5.93. The number of aliphatic hydroxyl groups excluding tert-OH is 1. The van der Waals surface area contributed by atoms with Crippen LogP contribution in [-0.4, -0.2) is 55.2 Å². The molecule has 2 aliphatic heterocycles. The standard InChI is InChI=1S/C42H50N4O7/c1-50-38-22-31-20-21-46(25-32(31)23-39(38)51-2)26-34-24-37(29-14-12-28(27-47)13-15-29)53-42(52-34)30-16-18-33(19-17-30)44-40(48)10-4-3-5-11-41(49)45-36-9-7-6-8-35(36)43/h6-9,12-19,22-23,34,37,42,47H,3-5,10-11,20-21,24-27,43H2,1-2H3,(H,44,48)(H,45,49). The molecule has 53 heavy (non-hydrogen) atoms. The summed E-state index contributed by atoms with van der Waals surface area (Å²) >= 11 is 0. The first-order valence-corrected chi connectivity index (χ1v) is 18.3. The smallest absolute Gasteiger partial charge is 0.224 e. The molecule has 0 spiro atoms. The van der Waals surface area contributed by atoms with Crippen LogP contribution in [0, 0.1) is 0 Å². The van der Waals surface area contributed by atoms with Gasteiger partial charge < -0.3 is 40.4 Å². The van der Waals surface area contributed by atoms with Gasteiger partial charge in [0.2, 0.25) is 11.8 Å². The Morgan fingerprint density at radius 1 is 0.830 bits per heavy atom. The molecule has 0 aromatic heterocycles. The molecule has 0 saturated carbocycles. The number of methoxy groups -OCH3 is 2. The zero-order valence-electron chi connectivity index (χ0n) is 30.5. The molecular formula is C42H50N4O7. The largest absolute Gasteiger partial charge is 0.493 e. The number of ether oxygens (including phenoxy) is 4. The van der Waals surface area contributed by atoms with Crippen LogP contribution in [0.3, 0.4) is 0 Å². The first-order chi connectivity index (χ1) is 25.8. The topological polar surface area (TPSA) is 145 Å². The minimum atomic E-state index is -0.599. The van der Waals surface area contributed by atoms with Crippen molar-refractivity contribution in [2.75, 3.05) is 43.7 Å². The van der Waals surface area contributed by atoms with Gasteiger partial charge in [0.05, 0.1) is 44.4 Å². The molecule has 0 aliphatic carbocycles. The van der Waals surface area contributed by atoms with Crippen LogP contribution < -0.4 is 25.8 Å². The molecule has 1 saturated heterocycles. The highest BCUT2D eigenvalue weighted by Gasteiger charge is 2.34. The van der Waals surface area contributed by atoms with Crippen LogP contribution in [0.4, 0.5) is 17.1 Å². The number of rotatable bonds is 15. The third-order valence-corrected chi connectivity index (χ3v) is 9.88. The van der Waals surface area contributed by atoms with Crippen molar-refractivity contribution in [1.82, 2.24) is 4.90 Å². The molecule has 11 nitrogen and oxygen atoms in total. The molecule has 2 heterocycles. The number of nitrogens with one attached hydrogen (secondary N) is 2. The fourth-order valence-electron chi connectivity index (χ4n) is 6.94. The van der Waals surface area contributed by atoms with E-state index in [4.69, 9.17) is 24.7 Å². The van der Waals surface area contributed by atoms with Gasteiger partial charge in [-0.3, -0.25) is 14.5 Å². The molecule has 2 aliphatic rings. The number of aliphatic hydroxyl groups is 1. The number of benzene rings is 4. The van der Waals surface area contributed by atoms with Crippen molar-refractivity contribution < 1.29 is 33.6 Å². The quantitative estimate of drug-likeness (QED) is 0.0760. The number of fused-ring (bicyclic) bond motifs is 1. The van der Waals surface area contributed by atoms with Gasteiger partial charge in [-0.1, -0.05) is 55.0 Å². The number of hydrogen-bond donors (Lipinski definition) is 4. The third kappa shape index (κ3) is 10.1. The zero-order valence-corrected chi connectivity index (χ0v) is 30.5. The summed E-state index contributed by atoms with van der Waals surface area (Å²) in [6.45, 7) is 2.40. The summed E-state index contributed by atoms with van der Waals surface area (Å²) in [5, 5.41) is 15.4. The van der Waals surface area contributed by atoms with Crippen molar-refractivity contribution in [1.29, 1.82) is 0 Å². The van der Waals surface area contributed by atoms with Crippen LogP contribution in [0.5, 0.6) is 11.5 Å².